The Labute approximate surface area is 157 Å². The SMILES string of the molecule is Cc1ccc(NC(=O)c2cc(C(=O)NCc3cccnc3)ccn2)cc1C. The van der Waals surface area contributed by atoms with Crippen molar-refractivity contribution in [3.63, 3.8) is 0 Å². The molecule has 0 bridgehead atoms. The lowest BCUT2D eigenvalue weighted by Crippen LogP contribution is -2.23. The number of amides is 2. The Hall–Kier alpha value is -3.54. The number of nitrogens with zero attached hydrogens (tertiary/aromatic N) is 2. The number of hydrogen-bond donors (Lipinski definition) is 2. The van der Waals surface area contributed by atoms with E-state index in [-0.39, 0.29) is 17.5 Å². The van der Waals surface area contributed by atoms with Crippen LogP contribution in [-0.2, 0) is 6.54 Å². The Morgan fingerprint density at radius 2 is 1.81 bits per heavy atom. The van der Waals surface area contributed by atoms with E-state index in [2.05, 4.69) is 20.6 Å². The fourth-order valence-corrected chi connectivity index (χ4v) is 2.50. The number of carbonyl (C=O) groups is 2. The largest absolute Gasteiger partial charge is 0.348 e. The van der Waals surface area contributed by atoms with Crippen molar-refractivity contribution in [2.24, 2.45) is 0 Å². The number of aromatic nitrogens is 2. The summed E-state index contributed by atoms with van der Waals surface area (Å²) in [5.41, 5.74) is 4.38. The molecule has 3 aromatic rings. The second-order valence-electron chi connectivity index (χ2n) is 6.23. The normalized spacial score (nSPS) is 10.3. The molecule has 0 unspecified atom stereocenters. The van der Waals surface area contributed by atoms with E-state index in [1.807, 2.05) is 44.2 Å². The topological polar surface area (TPSA) is 84.0 Å². The maximum absolute atomic E-state index is 12.5. The van der Waals surface area contributed by atoms with Gasteiger partial charge < -0.3 is 10.6 Å². The number of hydrogen-bond acceptors (Lipinski definition) is 4. The highest BCUT2D eigenvalue weighted by atomic mass is 16.2. The third kappa shape index (κ3) is 4.76. The number of aryl methyl sites for hydroxylation is 2. The lowest BCUT2D eigenvalue weighted by molar-refractivity contribution is 0.0950. The van der Waals surface area contributed by atoms with E-state index < -0.39 is 0 Å². The zero-order valence-electron chi connectivity index (χ0n) is 15.2. The van der Waals surface area contributed by atoms with Crippen LogP contribution in [0.4, 0.5) is 5.69 Å². The Morgan fingerprint density at radius 3 is 2.56 bits per heavy atom. The van der Waals surface area contributed by atoms with Gasteiger partial charge in [0.25, 0.3) is 11.8 Å². The number of nitrogens with one attached hydrogen (secondary N) is 2. The van der Waals surface area contributed by atoms with Crippen molar-refractivity contribution in [3.05, 3.63) is 89.0 Å². The summed E-state index contributed by atoms with van der Waals surface area (Å²) in [6.45, 7) is 4.35. The minimum absolute atomic E-state index is 0.183. The standard InChI is InChI=1S/C21H20N4O2/c1-14-5-6-18(10-15(14)2)25-21(27)19-11-17(7-9-23-19)20(26)24-13-16-4-3-8-22-12-16/h3-12H,13H2,1-2H3,(H,24,26)(H,25,27). The quantitative estimate of drug-likeness (QED) is 0.731. The molecule has 6 nitrogen and oxygen atoms in total. The molecule has 0 atom stereocenters. The van der Waals surface area contributed by atoms with Crippen LogP contribution in [0, 0.1) is 13.8 Å². The van der Waals surface area contributed by atoms with Crippen LogP contribution in [0.3, 0.4) is 0 Å². The highest BCUT2D eigenvalue weighted by Crippen LogP contribution is 2.15. The average molecular weight is 360 g/mol. The lowest BCUT2D eigenvalue weighted by atomic mass is 10.1. The predicted octanol–water partition coefficient (Wildman–Crippen LogP) is 3.28. The molecule has 2 amide bonds. The molecular weight excluding hydrogens is 340 g/mol. The van der Waals surface area contributed by atoms with Crippen molar-refractivity contribution in [3.8, 4) is 0 Å². The molecule has 0 saturated heterocycles. The van der Waals surface area contributed by atoms with E-state index in [1.165, 1.54) is 12.3 Å². The average Bonchev–Trinajstić information content (AvgIpc) is 2.70. The summed E-state index contributed by atoms with van der Waals surface area (Å²) < 4.78 is 0. The zero-order chi connectivity index (χ0) is 19.2. The first-order valence-corrected chi connectivity index (χ1v) is 8.54. The van der Waals surface area contributed by atoms with Crippen molar-refractivity contribution in [2.45, 2.75) is 20.4 Å². The molecule has 2 heterocycles. The van der Waals surface area contributed by atoms with Gasteiger partial charge in [0.15, 0.2) is 0 Å². The van der Waals surface area contributed by atoms with Crippen LogP contribution in [0.15, 0.2) is 61.1 Å². The lowest BCUT2D eigenvalue weighted by Gasteiger charge is -2.09. The van der Waals surface area contributed by atoms with Crippen LogP contribution in [-0.4, -0.2) is 21.8 Å². The first kappa shape index (κ1) is 18.3. The molecule has 0 spiro atoms. The molecule has 0 fully saturated rings. The van der Waals surface area contributed by atoms with Crippen LogP contribution < -0.4 is 10.6 Å². The number of carbonyl (C=O) groups excluding carboxylic acids is 2. The monoisotopic (exact) mass is 360 g/mol. The van der Waals surface area contributed by atoms with Crippen LogP contribution in [0.25, 0.3) is 0 Å². The molecule has 0 aliphatic rings. The van der Waals surface area contributed by atoms with Gasteiger partial charge in [0, 0.05) is 36.4 Å². The molecule has 2 aromatic heterocycles. The smallest absolute Gasteiger partial charge is 0.274 e. The van der Waals surface area contributed by atoms with Gasteiger partial charge in [-0.2, -0.15) is 0 Å². The second kappa shape index (κ2) is 8.23. The van der Waals surface area contributed by atoms with Gasteiger partial charge in [0.05, 0.1) is 0 Å². The fourth-order valence-electron chi connectivity index (χ4n) is 2.50. The van der Waals surface area contributed by atoms with Crippen LogP contribution in [0.1, 0.15) is 37.5 Å². The molecule has 0 aliphatic carbocycles. The Morgan fingerprint density at radius 1 is 0.963 bits per heavy atom. The van der Waals surface area contributed by atoms with E-state index >= 15 is 0 Å². The molecule has 3 rings (SSSR count). The van der Waals surface area contributed by atoms with E-state index in [9.17, 15) is 9.59 Å². The zero-order valence-corrected chi connectivity index (χ0v) is 15.2. The molecule has 0 radical (unpaired) electrons. The van der Waals surface area contributed by atoms with Crippen molar-refractivity contribution >= 4 is 17.5 Å². The fraction of sp³-hybridized carbons (Fsp3) is 0.143. The minimum Gasteiger partial charge on any atom is -0.348 e. The highest BCUT2D eigenvalue weighted by Gasteiger charge is 2.12. The summed E-state index contributed by atoms with van der Waals surface area (Å²) in [7, 11) is 0. The summed E-state index contributed by atoms with van der Waals surface area (Å²) in [4.78, 5) is 32.9. The number of rotatable bonds is 5. The number of anilines is 1. The molecule has 1 aromatic carbocycles. The van der Waals surface area contributed by atoms with E-state index in [0.717, 1.165) is 16.7 Å². The molecule has 6 heteroatoms. The summed E-state index contributed by atoms with van der Waals surface area (Å²) in [6, 6.07) is 12.4. The summed E-state index contributed by atoms with van der Waals surface area (Å²) >= 11 is 0. The first-order valence-electron chi connectivity index (χ1n) is 8.54. The highest BCUT2D eigenvalue weighted by molar-refractivity contribution is 6.04. The van der Waals surface area contributed by atoms with E-state index in [4.69, 9.17) is 0 Å². The van der Waals surface area contributed by atoms with Gasteiger partial charge in [0.1, 0.15) is 5.69 Å². The minimum atomic E-state index is -0.361. The Kier molecular flexibility index (Phi) is 5.56. The maximum Gasteiger partial charge on any atom is 0.274 e. The summed E-state index contributed by atoms with van der Waals surface area (Å²) in [6.07, 6.45) is 4.82. The van der Waals surface area contributed by atoms with Crippen molar-refractivity contribution in [2.75, 3.05) is 5.32 Å². The predicted molar refractivity (Wildman–Crippen MR) is 104 cm³/mol. The van der Waals surface area contributed by atoms with Crippen molar-refractivity contribution in [1.82, 2.24) is 15.3 Å². The van der Waals surface area contributed by atoms with Gasteiger partial charge in [-0.05, 0) is 60.9 Å². The van der Waals surface area contributed by atoms with Gasteiger partial charge >= 0.3 is 0 Å². The van der Waals surface area contributed by atoms with Gasteiger partial charge in [-0.25, -0.2) is 0 Å². The molecule has 2 N–H and O–H groups in total. The van der Waals surface area contributed by atoms with Gasteiger partial charge in [-0.3, -0.25) is 19.6 Å². The Balaban J connectivity index is 1.67. The summed E-state index contributed by atoms with van der Waals surface area (Å²) in [5.74, 6) is -0.637. The maximum atomic E-state index is 12.5. The van der Waals surface area contributed by atoms with E-state index in [0.29, 0.717) is 17.8 Å². The van der Waals surface area contributed by atoms with Crippen molar-refractivity contribution < 1.29 is 9.59 Å². The first-order chi connectivity index (χ1) is 13.0. The summed E-state index contributed by atoms with van der Waals surface area (Å²) in [5, 5.41) is 5.62. The van der Waals surface area contributed by atoms with Crippen LogP contribution in [0.5, 0.6) is 0 Å². The third-order valence-corrected chi connectivity index (χ3v) is 4.20. The van der Waals surface area contributed by atoms with Crippen LogP contribution in [0.2, 0.25) is 0 Å². The van der Waals surface area contributed by atoms with Crippen molar-refractivity contribution in [1.29, 1.82) is 0 Å². The molecule has 136 valence electrons. The molecule has 0 saturated carbocycles. The number of benzene rings is 1. The van der Waals surface area contributed by atoms with Crippen LogP contribution >= 0.6 is 0 Å². The Bertz CT molecular complexity index is 971. The van der Waals surface area contributed by atoms with Gasteiger partial charge in [-0.15, -0.1) is 0 Å². The second-order valence-corrected chi connectivity index (χ2v) is 6.23. The van der Waals surface area contributed by atoms with E-state index in [1.54, 1.807) is 18.5 Å². The number of pyridine rings is 2. The molecule has 0 aliphatic heterocycles. The molecule has 27 heavy (non-hydrogen) atoms. The third-order valence-electron chi connectivity index (χ3n) is 4.20. The molecular formula is C21H20N4O2. The van der Waals surface area contributed by atoms with Gasteiger partial charge in [0.2, 0.25) is 0 Å². The van der Waals surface area contributed by atoms with Gasteiger partial charge in [-0.1, -0.05) is 12.1 Å².